The van der Waals surface area contributed by atoms with Crippen LogP contribution in [0.25, 0.3) is 0 Å². The van der Waals surface area contributed by atoms with Gasteiger partial charge < -0.3 is 19.3 Å². The third kappa shape index (κ3) is 9.54. The lowest BCUT2D eigenvalue weighted by atomic mass is 10.2. The van der Waals surface area contributed by atoms with E-state index >= 15 is 0 Å². The SMILES string of the molecule is CCOP(=O)(c1ccccc1)c1cc(C#Cc2ccc(OCCCNC(=O)OC(C)(C)C)cc2)cc(CBr)n1. The molecule has 0 saturated carbocycles. The van der Waals surface area contributed by atoms with E-state index in [-0.39, 0.29) is 0 Å². The molecule has 0 aliphatic rings. The Morgan fingerprint density at radius 3 is 2.36 bits per heavy atom. The Balaban J connectivity index is 1.66. The van der Waals surface area contributed by atoms with Crippen LogP contribution in [0.1, 0.15) is 50.9 Å². The number of hydrogen-bond donors (Lipinski definition) is 1. The highest BCUT2D eigenvalue weighted by atomic mass is 79.9. The summed E-state index contributed by atoms with van der Waals surface area (Å²) in [5, 5.41) is 3.81. The summed E-state index contributed by atoms with van der Waals surface area (Å²) in [6.45, 7) is 8.50. The number of nitrogens with zero attached hydrogens (tertiary/aromatic N) is 1. The minimum atomic E-state index is -3.37. The van der Waals surface area contributed by atoms with Crippen LogP contribution in [0.5, 0.6) is 5.75 Å². The summed E-state index contributed by atoms with van der Waals surface area (Å²) in [6, 6.07) is 20.2. The summed E-state index contributed by atoms with van der Waals surface area (Å²) in [5.74, 6) is 7.04. The van der Waals surface area contributed by atoms with Crippen LogP contribution >= 0.6 is 23.3 Å². The number of aromatic nitrogens is 1. The van der Waals surface area contributed by atoms with Gasteiger partial charge in [-0.25, -0.2) is 9.78 Å². The van der Waals surface area contributed by atoms with Crippen LogP contribution in [0.15, 0.2) is 66.7 Å². The van der Waals surface area contributed by atoms with E-state index in [9.17, 15) is 9.36 Å². The quantitative estimate of drug-likeness (QED) is 0.132. The topological polar surface area (TPSA) is 86.8 Å². The lowest BCUT2D eigenvalue weighted by Gasteiger charge is -2.19. The van der Waals surface area contributed by atoms with Crippen molar-refractivity contribution < 1.29 is 23.4 Å². The first-order chi connectivity index (χ1) is 18.6. The monoisotopic (exact) mass is 612 g/mol. The van der Waals surface area contributed by atoms with Crippen molar-refractivity contribution in [2.75, 3.05) is 19.8 Å². The smallest absolute Gasteiger partial charge is 0.407 e. The van der Waals surface area contributed by atoms with Gasteiger partial charge in [0.05, 0.1) is 18.9 Å². The summed E-state index contributed by atoms with van der Waals surface area (Å²) in [7, 11) is -3.37. The van der Waals surface area contributed by atoms with Gasteiger partial charge in [0.1, 0.15) is 16.8 Å². The number of rotatable bonds is 10. The van der Waals surface area contributed by atoms with Gasteiger partial charge in [-0.15, -0.1) is 0 Å². The Morgan fingerprint density at radius 2 is 1.72 bits per heavy atom. The van der Waals surface area contributed by atoms with E-state index in [1.165, 1.54) is 0 Å². The normalized spacial score (nSPS) is 12.5. The second-order valence-electron chi connectivity index (χ2n) is 9.55. The highest BCUT2D eigenvalue weighted by Gasteiger charge is 2.30. The molecule has 9 heteroatoms. The van der Waals surface area contributed by atoms with Gasteiger partial charge >= 0.3 is 6.09 Å². The molecule has 3 rings (SSSR count). The number of nitrogens with one attached hydrogen (secondary N) is 1. The molecule has 0 radical (unpaired) electrons. The second-order valence-corrected chi connectivity index (χ2v) is 12.4. The number of halogens is 1. The number of hydrogen-bond acceptors (Lipinski definition) is 6. The van der Waals surface area contributed by atoms with Crippen LogP contribution in [0.2, 0.25) is 0 Å². The van der Waals surface area contributed by atoms with Crippen molar-refractivity contribution in [3.63, 3.8) is 0 Å². The number of carbonyl (C=O) groups excluding carboxylic acids is 1. The zero-order valence-corrected chi connectivity index (χ0v) is 25.2. The molecule has 1 N–H and O–H groups in total. The number of pyridine rings is 1. The zero-order valence-electron chi connectivity index (χ0n) is 22.7. The molecule has 0 aliphatic heterocycles. The number of ether oxygens (including phenoxy) is 2. The minimum Gasteiger partial charge on any atom is -0.494 e. The molecule has 1 unspecified atom stereocenters. The Kier molecular flexibility index (Phi) is 11.2. The maximum absolute atomic E-state index is 14.0. The molecule has 7 nitrogen and oxygen atoms in total. The van der Waals surface area contributed by atoms with Crippen molar-refractivity contribution in [1.29, 1.82) is 0 Å². The van der Waals surface area contributed by atoms with Gasteiger partial charge in [0.25, 0.3) is 7.37 Å². The van der Waals surface area contributed by atoms with E-state index in [0.29, 0.717) is 53.6 Å². The van der Waals surface area contributed by atoms with E-state index in [4.69, 9.17) is 14.0 Å². The standard InChI is InChI=1S/C30H34BrN2O5P/c1-5-37-39(35,27-10-7-6-8-11-27)28-21-24(20-25(22-31)33-28)13-12-23-14-16-26(17-15-23)36-19-9-18-32-29(34)38-30(2,3)4/h6-8,10-11,14-17,20-21H,5,9,18-19,22H2,1-4H3,(H,32,34). The Hall–Kier alpha value is -3.11. The lowest BCUT2D eigenvalue weighted by Crippen LogP contribution is -2.33. The van der Waals surface area contributed by atoms with Crippen molar-refractivity contribution >= 4 is 40.1 Å². The molecule has 3 aromatic rings. The predicted molar refractivity (Wildman–Crippen MR) is 159 cm³/mol. The predicted octanol–water partition coefficient (Wildman–Crippen LogP) is 5.94. The van der Waals surface area contributed by atoms with Crippen LogP contribution in [-0.2, 0) is 19.2 Å². The molecule has 0 bridgehead atoms. The summed E-state index contributed by atoms with van der Waals surface area (Å²) in [5.41, 5.74) is 2.08. The fraction of sp³-hybridized carbons (Fsp3) is 0.333. The van der Waals surface area contributed by atoms with Gasteiger partial charge in [-0.1, -0.05) is 46.0 Å². The van der Waals surface area contributed by atoms with E-state index in [1.807, 2.05) is 76.2 Å². The van der Waals surface area contributed by atoms with Crippen molar-refractivity contribution in [2.24, 2.45) is 0 Å². The van der Waals surface area contributed by atoms with Gasteiger partial charge in [-0.2, -0.15) is 0 Å². The summed E-state index contributed by atoms with van der Waals surface area (Å²) < 4.78 is 30.7. The third-order valence-corrected chi connectivity index (χ3v) is 8.18. The van der Waals surface area contributed by atoms with E-state index in [0.717, 1.165) is 11.3 Å². The molecule has 39 heavy (non-hydrogen) atoms. The fourth-order valence-corrected chi connectivity index (χ4v) is 5.82. The molecular formula is C30H34BrN2O5P. The molecule has 0 saturated heterocycles. The summed E-state index contributed by atoms with van der Waals surface area (Å²) >= 11 is 3.46. The number of carbonyl (C=O) groups is 1. The van der Waals surface area contributed by atoms with Crippen LogP contribution in [-0.4, -0.2) is 36.4 Å². The largest absolute Gasteiger partial charge is 0.494 e. The molecule has 2 aromatic carbocycles. The Labute approximate surface area is 239 Å². The molecule has 0 aliphatic carbocycles. The molecule has 0 spiro atoms. The number of alkyl halides is 1. The van der Waals surface area contributed by atoms with Gasteiger partial charge in [0, 0.05) is 28.3 Å². The van der Waals surface area contributed by atoms with Gasteiger partial charge in [-0.3, -0.25) is 4.57 Å². The van der Waals surface area contributed by atoms with Gasteiger partial charge in [0.15, 0.2) is 0 Å². The average Bonchev–Trinajstić information content (AvgIpc) is 2.91. The van der Waals surface area contributed by atoms with E-state index in [1.54, 1.807) is 18.2 Å². The van der Waals surface area contributed by atoms with Crippen molar-refractivity contribution in [3.05, 3.63) is 83.6 Å². The third-order valence-electron chi connectivity index (χ3n) is 5.17. The van der Waals surface area contributed by atoms with Gasteiger partial charge in [0.2, 0.25) is 0 Å². The fourth-order valence-electron chi connectivity index (χ4n) is 3.49. The molecule has 0 fully saturated rings. The van der Waals surface area contributed by atoms with Crippen LogP contribution in [0.3, 0.4) is 0 Å². The van der Waals surface area contributed by atoms with Crippen molar-refractivity contribution in [1.82, 2.24) is 10.3 Å². The van der Waals surface area contributed by atoms with Crippen LogP contribution in [0.4, 0.5) is 4.79 Å². The molecular weight excluding hydrogens is 579 g/mol. The first kappa shape index (κ1) is 30.4. The summed E-state index contributed by atoms with van der Waals surface area (Å²) in [4.78, 5) is 16.3. The number of benzene rings is 2. The van der Waals surface area contributed by atoms with E-state index < -0.39 is 19.1 Å². The number of alkyl carbamates (subject to hydrolysis) is 1. The van der Waals surface area contributed by atoms with Gasteiger partial charge in [-0.05, 0) is 82.6 Å². The van der Waals surface area contributed by atoms with Crippen molar-refractivity contribution in [2.45, 2.75) is 45.0 Å². The van der Waals surface area contributed by atoms with Crippen LogP contribution < -0.4 is 20.8 Å². The van der Waals surface area contributed by atoms with Crippen molar-refractivity contribution in [3.8, 4) is 17.6 Å². The molecule has 1 heterocycles. The zero-order chi connectivity index (χ0) is 28.3. The molecule has 1 aromatic heterocycles. The maximum atomic E-state index is 14.0. The Morgan fingerprint density at radius 1 is 1.03 bits per heavy atom. The average molecular weight is 613 g/mol. The van der Waals surface area contributed by atoms with E-state index in [2.05, 4.69) is 38.1 Å². The lowest BCUT2D eigenvalue weighted by molar-refractivity contribution is 0.0525. The minimum absolute atomic E-state index is 0.294. The molecule has 1 atom stereocenters. The highest BCUT2D eigenvalue weighted by Crippen LogP contribution is 2.44. The van der Waals surface area contributed by atoms with Crippen LogP contribution in [0, 0.1) is 11.8 Å². The number of amides is 1. The first-order valence-electron chi connectivity index (χ1n) is 12.7. The molecule has 1 amide bonds. The highest BCUT2D eigenvalue weighted by molar-refractivity contribution is 9.08. The second kappa shape index (κ2) is 14.3. The maximum Gasteiger partial charge on any atom is 0.407 e. The Bertz CT molecular complexity index is 1350. The molecule has 206 valence electrons. The first-order valence-corrected chi connectivity index (χ1v) is 15.5. The summed E-state index contributed by atoms with van der Waals surface area (Å²) in [6.07, 6.45) is 0.214.